The van der Waals surface area contributed by atoms with Gasteiger partial charge >= 0.3 is 0 Å². The zero-order valence-corrected chi connectivity index (χ0v) is 11.8. The molecule has 2 heterocycles. The van der Waals surface area contributed by atoms with E-state index in [9.17, 15) is 19.6 Å². The molecule has 0 bridgehead atoms. The molecule has 1 N–H and O–H groups in total. The number of imidazole rings is 1. The van der Waals surface area contributed by atoms with Gasteiger partial charge in [-0.1, -0.05) is 0 Å². The fraction of sp³-hybridized carbons (Fsp3) is 0.0714. The summed E-state index contributed by atoms with van der Waals surface area (Å²) in [5.41, 5.74) is 0.702. The Morgan fingerprint density at radius 3 is 2.83 bits per heavy atom. The third kappa shape index (κ3) is 2.71. The van der Waals surface area contributed by atoms with Crippen LogP contribution in [0.5, 0.6) is 5.75 Å². The van der Waals surface area contributed by atoms with Crippen molar-refractivity contribution in [3.05, 3.63) is 58.2 Å². The minimum atomic E-state index is -0.604. The number of azo groups is 1. The Hall–Kier alpha value is -3.36. The summed E-state index contributed by atoms with van der Waals surface area (Å²) in [6, 6.07) is 6.18. The Morgan fingerprint density at radius 2 is 2.09 bits per heavy atom. The van der Waals surface area contributed by atoms with Gasteiger partial charge in [-0.3, -0.25) is 14.5 Å². The van der Waals surface area contributed by atoms with Crippen molar-refractivity contribution in [2.75, 3.05) is 0 Å². The van der Waals surface area contributed by atoms with Gasteiger partial charge in [0, 0.05) is 18.3 Å². The first kappa shape index (κ1) is 14.6. The number of halogens is 1. The number of nitro groups is 1. The molecular weight excluding hydrogens is 305 g/mol. The molecule has 2 aromatic heterocycles. The number of phenols is 1. The van der Waals surface area contributed by atoms with Gasteiger partial charge in [0.2, 0.25) is 0 Å². The molecule has 0 aliphatic rings. The van der Waals surface area contributed by atoms with E-state index >= 15 is 0 Å². The monoisotopic (exact) mass is 315 g/mol. The Kier molecular flexibility index (Phi) is 3.45. The summed E-state index contributed by atoms with van der Waals surface area (Å²) < 4.78 is 14.8. The molecule has 0 aliphatic carbocycles. The van der Waals surface area contributed by atoms with Gasteiger partial charge < -0.3 is 5.11 Å². The van der Waals surface area contributed by atoms with E-state index in [1.165, 1.54) is 22.7 Å². The van der Waals surface area contributed by atoms with Crippen LogP contribution in [-0.2, 0) is 0 Å². The maximum atomic E-state index is 13.4. The van der Waals surface area contributed by atoms with E-state index in [1.807, 2.05) is 0 Å². The van der Waals surface area contributed by atoms with Crippen molar-refractivity contribution in [1.29, 1.82) is 0 Å². The molecule has 0 amide bonds. The van der Waals surface area contributed by atoms with E-state index in [1.54, 1.807) is 6.92 Å². The lowest BCUT2D eigenvalue weighted by molar-refractivity contribution is -0.384. The maximum Gasteiger partial charge on any atom is 0.271 e. The average molecular weight is 315 g/mol. The van der Waals surface area contributed by atoms with E-state index in [0.717, 1.165) is 18.2 Å². The van der Waals surface area contributed by atoms with Crippen LogP contribution in [0.2, 0.25) is 0 Å². The molecular formula is C14H10FN5O3. The summed E-state index contributed by atoms with van der Waals surface area (Å²) >= 11 is 0. The lowest BCUT2D eigenvalue weighted by Gasteiger charge is -1.99. The fourth-order valence-electron chi connectivity index (χ4n) is 2.05. The maximum absolute atomic E-state index is 13.4. The van der Waals surface area contributed by atoms with Crippen LogP contribution in [0, 0.1) is 22.9 Å². The van der Waals surface area contributed by atoms with E-state index in [4.69, 9.17) is 0 Å². The summed E-state index contributed by atoms with van der Waals surface area (Å²) in [4.78, 5) is 14.4. The Bertz CT molecular complexity index is 951. The molecule has 3 aromatic rings. The summed E-state index contributed by atoms with van der Waals surface area (Å²) in [7, 11) is 0. The lowest BCUT2D eigenvalue weighted by atomic mass is 10.2. The Balaban J connectivity index is 2.07. The number of pyridine rings is 1. The van der Waals surface area contributed by atoms with Crippen molar-refractivity contribution in [2.45, 2.75) is 6.92 Å². The topological polar surface area (TPSA) is 105 Å². The number of hydrogen-bond acceptors (Lipinski definition) is 6. The number of aryl methyl sites for hydroxylation is 1. The lowest BCUT2D eigenvalue weighted by Crippen LogP contribution is -1.87. The third-order valence-electron chi connectivity index (χ3n) is 3.15. The minimum absolute atomic E-state index is 0.0649. The van der Waals surface area contributed by atoms with Gasteiger partial charge in [0.1, 0.15) is 22.9 Å². The molecule has 0 saturated carbocycles. The van der Waals surface area contributed by atoms with Crippen molar-refractivity contribution in [3.63, 3.8) is 0 Å². The molecule has 1 aromatic carbocycles. The molecule has 0 fully saturated rings. The second-order valence-electron chi connectivity index (χ2n) is 4.73. The first-order valence-corrected chi connectivity index (χ1v) is 6.49. The highest BCUT2D eigenvalue weighted by Gasteiger charge is 2.12. The summed E-state index contributed by atoms with van der Waals surface area (Å²) in [5, 5.41) is 28.2. The molecule has 116 valence electrons. The Morgan fingerprint density at radius 1 is 1.30 bits per heavy atom. The van der Waals surface area contributed by atoms with Crippen LogP contribution in [0.4, 0.5) is 21.6 Å². The molecule has 9 heteroatoms. The number of rotatable bonds is 3. The van der Waals surface area contributed by atoms with Crippen molar-refractivity contribution in [2.24, 2.45) is 10.2 Å². The highest BCUT2D eigenvalue weighted by Crippen LogP contribution is 2.32. The van der Waals surface area contributed by atoms with E-state index in [2.05, 4.69) is 15.2 Å². The van der Waals surface area contributed by atoms with Gasteiger partial charge in [-0.05, 0) is 25.1 Å². The number of aromatic nitrogens is 2. The number of fused-ring (bicyclic) bond motifs is 1. The normalized spacial score (nSPS) is 11.4. The van der Waals surface area contributed by atoms with E-state index in [-0.39, 0.29) is 22.9 Å². The molecule has 0 saturated heterocycles. The zero-order chi connectivity index (χ0) is 16.6. The standard InChI is InChI=1S/C14H10FN5O3/c1-8-14(19-7-9(15)2-5-13(19)16-8)18-17-11-6-10(20(22)23)3-4-12(11)21/h2-7,21H,1H3. The molecule has 0 atom stereocenters. The second kappa shape index (κ2) is 5.44. The summed E-state index contributed by atoms with van der Waals surface area (Å²) in [5.74, 6) is -0.452. The summed E-state index contributed by atoms with van der Waals surface area (Å²) in [6.45, 7) is 1.67. The number of phenolic OH excluding ortho intramolecular Hbond substituents is 1. The molecule has 3 rings (SSSR count). The second-order valence-corrected chi connectivity index (χ2v) is 4.73. The molecule has 0 unspecified atom stereocenters. The number of nitro benzene ring substituents is 1. The molecule has 0 radical (unpaired) electrons. The van der Waals surface area contributed by atoms with Crippen molar-refractivity contribution < 1.29 is 14.4 Å². The summed E-state index contributed by atoms with van der Waals surface area (Å²) in [6.07, 6.45) is 1.21. The first-order valence-electron chi connectivity index (χ1n) is 6.49. The minimum Gasteiger partial charge on any atom is -0.506 e. The van der Waals surface area contributed by atoms with Crippen molar-refractivity contribution in [3.8, 4) is 5.75 Å². The van der Waals surface area contributed by atoms with Crippen LogP contribution in [0.3, 0.4) is 0 Å². The fourth-order valence-corrected chi connectivity index (χ4v) is 2.05. The highest BCUT2D eigenvalue weighted by molar-refractivity contribution is 5.57. The largest absolute Gasteiger partial charge is 0.506 e. The van der Waals surface area contributed by atoms with Gasteiger partial charge in [-0.2, -0.15) is 0 Å². The van der Waals surface area contributed by atoms with Crippen LogP contribution in [-0.4, -0.2) is 19.4 Å². The molecule has 23 heavy (non-hydrogen) atoms. The number of non-ortho nitro benzene ring substituents is 1. The van der Waals surface area contributed by atoms with Crippen LogP contribution in [0.1, 0.15) is 5.69 Å². The molecule has 0 aliphatic heterocycles. The number of hydrogen-bond donors (Lipinski definition) is 1. The van der Waals surface area contributed by atoms with Crippen LogP contribution >= 0.6 is 0 Å². The smallest absolute Gasteiger partial charge is 0.271 e. The van der Waals surface area contributed by atoms with Crippen LogP contribution in [0.25, 0.3) is 5.65 Å². The average Bonchev–Trinajstić information content (AvgIpc) is 2.81. The predicted molar refractivity (Wildman–Crippen MR) is 78.8 cm³/mol. The molecule has 0 spiro atoms. The highest BCUT2D eigenvalue weighted by atomic mass is 19.1. The van der Waals surface area contributed by atoms with Crippen LogP contribution < -0.4 is 0 Å². The first-order chi connectivity index (χ1) is 11.0. The van der Waals surface area contributed by atoms with Gasteiger partial charge in [-0.15, -0.1) is 10.2 Å². The van der Waals surface area contributed by atoms with E-state index in [0.29, 0.717) is 11.3 Å². The Labute approximate surface area is 128 Å². The third-order valence-corrected chi connectivity index (χ3v) is 3.15. The van der Waals surface area contributed by atoms with Crippen LogP contribution in [0.15, 0.2) is 46.8 Å². The van der Waals surface area contributed by atoms with Gasteiger partial charge in [0.25, 0.3) is 5.69 Å². The number of benzene rings is 1. The zero-order valence-electron chi connectivity index (χ0n) is 11.8. The van der Waals surface area contributed by atoms with Crippen molar-refractivity contribution >= 4 is 22.8 Å². The van der Waals surface area contributed by atoms with E-state index < -0.39 is 10.7 Å². The van der Waals surface area contributed by atoms with Gasteiger partial charge in [0.15, 0.2) is 5.82 Å². The van der Waals surface area contributed by atoms with Crippen molar-refractivity contribution in [1.82, 2.24) is 9.38 Å². The predicted octanol–water partition coefficient (Wildman–Crippen LogP) is 3.81. The molecule has 8 nitrogen and oxygen atoms in total. The quantitative estimate of drug-likeness (QED) is 0.450. The SMILES string of the molecule is Cc1nc2ccc(F)cn2c1N=Nc1cc([N+](=O)[O-])ccc1O. The van der Waals surface area contributed by atoms with Gasteiger partial charge in [0.05, 0.1) is 10.6 Å². The number of nitrogens with zero attached hydrogens (tertiary/aromatic N) is 5. The van der Waals surface area contributed by atoms with Gasteiger partial charge in [-0.25, -0.2) is 9.37 Å². The number of aromatic hydroxyl groups is 1.